The largest absolute Gasteiger partial charge is 0.494 e. The van der Waals surface area contributed by atoms with Crippen LogP contribution in [0.4, 0.5) is 0 Å². The van der Waals surface area contributed by atoms with E-state index in [4.69, 9.17) is 15.9 Å². The summed E-state index contributed by atoms with van der Waals surface area (Å²) in [6.07, 6.45) is 24.0. The fourth-order valence-electron chi connectivity index (χ4n) is 5.79. The van der Waals surface area contributed by atoms with Crippen molar-refractivity contribution >= 4 is 45.8 Å². The smallest absolute Gasteiger partial charge is 0.140 e. The first-order valence-electron chi connectivity index (χ1n) is 17.3. The lowest BCUT2D eigenvalue weighted by Crippen LogP contribution is -1.98. The summed E-state index contributed by atoms with van der Waals surface area (Å²) in [6, 6.07) is 29.7. The average molecular weight is 651 g/mol. The molecular formula is C48H42O2. The van der Waals surface area contributed by atoms with Crippen molar-refractivity contribution in [2.45, 2.75) is 59.3 Å². The van der Waals surface area contributed by atoms with Gasteiger partial charge in [-0.15, -0.1) is 6.42 Å². The Morgan fingerprint density at radius 3 is 1.66 bits per heavy atom. The minimum atomic E-state index is 0.623. The Morgan fingerprint density at radius 2 is 1.06 bits per heavy atom. The van der Waals surface area contributed by atoms with E-state index in [0.717, 1.165) is 56.0 Å². The second-order valence-electron chi connectivity index (χ2n) is 12.3. The molecule has 0 N–H and O–H groups in total. The van der Waals surface area contributed by atoms with E-state index in [0.29, 0.717) is 12.4 Å². The maximum atomic E-state index is 6.34. The van der Waals surface area contributed by atoms with E-state index in [-0.39, 0.29) is 0 Å². The Morgan fingerprint density at radius 1 is 0.540 bits per heavy atom. The zero-order chi connectivity index (χ0) is 35.0. The Labute approximate surface area is 298 Å². The summed E-state index contributed by atoms with van der Waals surface area (Å²) in [5.41, 5.74) is 6.93. The third-order valence-electron chi connectivity index (χ3n) is 8.49. The van der Waals surface area contributed by atoms with Crippen molar-refractivity contribution in [3.05, 3.63) is 118 Å². The Balaban J connectivity index is 1.61. The molecule has 5 aromatic carbocycles. The van der Waals surface area contributed by atoms with Crippen LogP contribution in [0.2, 0.25) is 0 Å². The molecule has 0 amide bonds. The van der Waals surface area contributed by atoms with Crippen LogP contribution >= 0.6 is 0 Å². The topological polar surface area (TPSA) is 18.5 Å². The van der Waals surface area contributed by atoms with Gasteiger partial charge in [-0.05, 0) is 112 Å². The molecule has 0 heterocycles. The van der Waals surface area contributed by atoms with Crippen LogP contribution in [0.3, 0.4) is 0 Å². The number of terminal acetylenes is 1. The first-order chi connectivity index (χ1) is 24.6. The van der Waals surface area contributed by atoms with Crippen molar-refractivity contribution in [3.8, 4) is 59.6 Å². The van der Waals surface area contributed by atoms with Gasteiger partial charge in [-0.2, -0.15) is 0 Å². The molecule has 0 bridgehead atoms. The van der Waals surface area contributed by atoms with E-state index in [1.807, 2.05) is 6.07 Å². The van der Waals surface area contributed by atoms with Gasteiger partial charge in [0.15, 0.2) is 0 Å². The van der Waals surface area contributed by atoms with Gasteiger partial charge in [0.2, 0.25) is 0 Å². The van der Waals surface area contributed by atoms with Gasteiger partial charge in [0.25, 0.3) is 0 Å². The summed E-state index contributed by atoms with van der Waals surface area (Å²) in [5.74, 6) is 16.7. The van der Waals surface area contributed by atoms with Gasteiger partial charge in [0.1, 0.15) is 17.6 Å². The Bertz CT molecular complexity index is 2220. The highest BCUT2D eigenvalue weighted by atomic mass is 16.5. The third kappa shape index (κ3) is 9.98. The van der Waals surface area contributed by atoms with Crippen molar-refractivity contribution in [2.24, 2.45) is 0 Å². The van der Waals surface area contributed by atoms with E-state index in [1.54, 1.807) is 0 Å². The minimum Gasteiger partial charge on any atom is -0.494 e. The number of aryl methyl sites for hydroxylation is 2. The molecule has 5 rings (SSSR count). The molecular weight excluding hydrogens is 609 g/mol. The van der Waals surface area contributed by atoms with Crippen molar-refractivity contribution in [1.29, 1.82) is 0 Å². The summed E-state index contributed by atoms with van der Waals surface area (Å²) < 4.78 is 12.2. The highest BCUT2D eigenvalue weighted by Crippen LogP contribution is 2.39. The number of hydrogen-bond acceptors (Lipinski definition) is 2. The van der Waals surface area contributed by atoms with Crippen LogP contribution in [0.1, 0.15) is 78.8 Å². The van der Waals surface area contributed by atoms with Gasteiger partial charge in [-0.3, -0.25) is 0 Å². The summed E-state index contributed by atoms with van der Waals surface area (Å²) >= 11 is 0. The molecule has 0 aliphatic rings. The van der Waals surface area contributed by atoms with Crippen LogP contribution in [0.25, 0.3) is 45.8 Å². The lowest BCUT2D eigenvalue weighted by molar-refractivity contribution is 0.305. The molecule has 0 saturated heterocycles. The maximum Gasteiger partial charge on any atom is 0.140 e. The third-order valence-corrected chi connectivity index (χ3v) is 8.49. The minimum absolute atomic E-state index is 0.623. The fraction of sp³-hybridized carbons (Fsp3) is 0.208. The normalized spacial score (nSPS) is 10.6. The first kappa shape index (κ1) is 35.3. The summed E-state index contributed by atoms with van der Waals surface area (Å²) in [7, 11) is 0. The van der Waals surface area contributed by atoms with Gasteiger partial charge >= 0.3 is 0 Å². The number of fused-ring (bicyclic) bond motifs is 2. The molecule has 0 aliphatic carbocycles. The van der Waals surface area contributed by atoms with Crippen molar-refractivity contribution < 1.29 is 9.47 Å². The average Bonchev–Trinajstić information content (AvgIpc) is 3.13. The fourth-order valence-corrected chi connectivity index (χ4v) is 5.79. The molecule has 0 spiro atoms. The van der Waals surface area contributed by atoms with E-state index in [2.05, 4.69) is 166 Å². The van der Waals surface area contributed by atoms with Gasteiger partial charge < -0.3 is 9.47 Å². The van der Waals surface area contributed by atoms with Crippen LogP contribution in [-0.2, 0) is 0 Å². The van der Waals surface area contributed by atoms with Crippen molar-refractivity contribution in [3.63, 3.8) is 0 Å². The SMILES string of the molecule is C#CC#CC#CC#COc1ccc2c(/C=C/c3ccc(C)cc3)c3cc(OCCCCCCCC)ccc3c(/C=C/c3ccc(C)cc3)c2c1. The number of ether oxygens (including phenoxy) is 2. The summed E-state index contributed by atoms with van der Waals surface area (Å²) in [4.78, 5) is 0. The zero-order valence-electron chi connectivity index (χ0n) is 29.2. The van der Waals surface area contributed by atoms with Crippen LogP contribution in [0, 0.1) is 61.9 Å². The van der Waals surface area contributed by atoms with Crippen LogP contribution < -0.4 is 9.47 Å². The second kappa shape index (κ2) is 18.5. The second-order valence-corrected chi connectivity index (χ2v) is 12.3. The molecule has 2 heteroatoms. The highest BCUT2D eigenvalue weighted by molar-refractivity contribution is 6.15. The number of benzene rings is 5. The molecule has 0 aromatic heterocycles. The Kier molecular flexibility index (Phi) is 13.0. The first-order valence-corrected chi connectivity index (χ1v) is 17.3. The van der Waals surface area contributed by atoms with E-state index < -0.39 is 0 Å². The zero-order valence-corrected chi connectivity index (χ0v) is 29.2. The number of hydrogen-bond donors (Lipinski definition) is 0. The molecule has 2 nitrogen and oxygen atoms in total. The molecule has 0 fully saturated rings. The van der Waals surface area contributed by atoms with E-state index in [1.165, 1.54) is 43.2 Å². The van der Waals surface area contributed by atoms with Crippen LogP contribution in [0.15, 0.2) is 84.9 Å². The van der Waals surface area contributed by atoms with Gasteiger partial charge in [0, 0.05) is 17.8 Å². The predicted molar refractivity (Wildman–Crippen MR) is 213 cm³/mol. The lowest BCUT2D eigenvalue weighted by Gasteiger charge is -2.16. The van der Waals surface area contributed by atoms with Crippen LogP contribution in [0.5, 0.6) is 11.5 Å². The summed E-state index contributed by atoms with van der Waals surface area (Å²) in [5, 5.41) is 4.40. The molecule has 0 unspecified atom stereocenters. The molecule has 0 saturated carbocycles. The van der Waals surface area contributed by atoms with Gasteiger partial charge in [-0.25, -0.2) is 0 Å². The van der Waals surface area contributed by atoms with Gasteiger partial charge in [-0.1, -0.05) is 129 Å². The Hall–Kier alpha value is -6.06. The molecule has 246 valence electrons. The predicted octanol–water partition coefficient (Wildman–Crippen LogP) is 11.7. The molecule has 50 heavy (non-hydrogen) atoms. The molecule has 0 radical (unpaired) electrons. The molecule has 0 atom stereocenters. The van der Waals surface area contributed by atoms with Crippen molar-refractivity contribution in [2.75, 3.05) is 6.61 Å². The number of rotatable bonds is 13. The lowest BCUT2D eigenvalue weighted by atomic mass is 9.90. The molecule has 5 aromatic rings. The monoisotopic (exact) mass is 650 g/mol. The molecule has 0 aliphatic heterocycles. The summed E-state index contributed by atoms with van der Waals surface area (Å²) in [6.45, 7) is 7.17. The maximum absolute atomic E-state index is 6.34. The van der Waals surface area contributed by atoms with E-state index in [9.17, 15) is 0 Å². The van der Waals surface area contributed by atoms with Crippen LogP contribution in [-0.4, -0.2) is 6.61 Å². The number of unbranched alkanes of at least 4 members (excludes halogenated alkanes) is 5. The van der Waals surface area contributed by atoms with E-state index >= 15 is 0 Å². The highest BCUT2D eigenvalue weighted by Gasteiger charge is 2.14. The van der Waals surface area contributed by atoms with Gasteiger partial charge in [0.05, 0.1) is 6.61 Å². The quantitative estimate of drug-likeness (QED) is 0.0546. The standard InChI is InChI=1S/C48H42O2/c1-5-7-9-11-13-15-33-49-41-27-31-45-44(30-26-40-23-19-38(4)20-24-40)48-36-42(50-34-16-14-12-10-8-6-2)28-32-46(48)43(47(45)35-41)29-25-39-21-17-37(3)18-22-39/h1,17-32,35-36H,6,8,10,12,14,16,34H2,2-4H3/b29-25+,30-26+. The van der Waals surface area contributed by atoms with Crippen molar-refractivity contribution in [1.82, 2.24) is 0 Å².